The van der Waals surface area contributed by atoms with Crippen LogP contribution in [0.1, 0.15) is 46.5 Å². The second kappa shape index (κ2) is 4.64. The van der Waals surface area contributed by atoms with Crippen molar-refractivity contribution in [1.82, 2.24) is 0 Å². The Balaban J connectivity index is 1.71. The topological polar surface area (TPSA) is 26.3 Å². The second-order valence-corrected chi connectivity index (χ2v) is 7.26. The van der Waals surface area contributed by atoms with Crippen molar-refractivity contribution in [2.45, 2.75) is 52.6 Å². The highest BCUT2D eigenvalue weighted by atomic mass is 16.5. The van der Waals surface area contributed by atoms with Gasteiger partial charge in [0.25, 0.3) is 0 Å². The zero-order valence-electron chi connectivity index (χ0n) is 12.4. The van der Waals surface area contributed by atoms with E-state index in [0.717, 1.165) is 29.6 Å². The minimum Gasteiger partial charge on any atom is -0.459 e. The van der Waals surface area contributed by atoms with Gasteiger partial charge in [0.1, 0.15) is 6.10 Å². The molecule has 0 saturated heterocycles. The minimum absolute atomic E-state index is 0.0565. The number of fused-ring (bicyclic) bond motifs is 5. The Bertz CT molecular complexity index is 400. The summed E-state index contributed by atoms with van der Waals surface area (Å²) in [5, 5.41) is 0. The van der Waals surface area contributed by atoms with Crippen LogP contribution in [0.3, 0.4) is 0 Å². The molecule has 0 amide bonds. The number of carbonyl (C=O) groups is 1. The van der Waals surface area contributed by atoms with Crippen molar-refractivity contribution >= 4 is 5.97 Å². The maximum atomic E-state index is 11.7. The first kappa shape index (κ1) is 13.2. The molecule has 0 aliphatic heterocycles. The van der Waals surface area contributed by atoms with Crippen molar-refractivity contribution in [3.8, 4) is 0 Å². The van der Waals surface area contributed by atoms with E-state index in [0.29, 0.717) is 11.5 Å². The van der Waals surface area contributed by atoms with Crippen LogP contribution in [0.25, 0.3) is 0 Å². The summed E-state index contributed by atoms with van der Waals surface area (Å²) in [6, 6.07) is 0. The van der Waals surface area contributed by atoms with Gasteiger partial charge in [-0.3, -0.25) is 0 Å². The number of hydrogen-bond donors (Lipinski definition) is 0. The van der Waals surface area contributed by atoms with E-state index in [1.807, 2.05) is 0 Å². The van der Waals surface area contributed by atoms with Gasteiger partial charge in [0.2, 0.25) is 0 Å². The predicted molar refractivity (Wildman–Crippen MR) is 75.5 cm³/mol. The van der Waals surface area contributed by atoms with E-state index >= 15 is 0 Å². The average Bonchev–Trinajstić information content (AvgIpc) is 3.01. The van der Waals surface area contributed by atoms with Crippen molar-refractivity contribution in [1.29, 1.82) is 0 Å². The highest BCUT2D eigenvalue weighted by Crippen LogP contribution is 2.63. The summed E-state index contributed by atoms with van der Waals surface area (Å²) in [4.78, 5) is 11.7. The van der Waals surface area contributed by atoms with Gasteiger partial charge in [-0.15, -0.1) is 0 Å². The molecule has 19 heavy (non-hydrogen) atoms. The molecule has 2 nitrogen and oxygen atoms in total. The summed E-state index contributed by atoms with van der Waals surface area (Å²) < 4.78 is 5.62. The normalized spacial score (nSPS) is 45.0. The van der Waals surface area contributed by atoms with E-state index in [9.17, 15) is 4.79 Å². The molecular weight excluding hydrogens is 236 g/mol. The van der Waals surface area contributed by atoms with Crippen molar-refractivity contribution in [3.63, 3.8) is 0 Å². The number of hydrogen-bond acceptors (Lipinski definition) is 2. The highest BCUT2D eigenvalue weighted by molar-refractivity contribution is 5.87. The average molecular weight is 262 g/mol. The molecule has 7 atom stereocenters. The summed E-state index contributed by atoms with van der Waals surface area (Å²) in [7, 11) is 0. The monoisotopic (exact) mass is 262 g/mol. The first-order valence-electron chi connectivity index (χ1n) is 7.85. The number of ether oxygens (including phenoxy) is 1. The number of rotatable bonds is 3. The molecule has 0 aromatic carbocycles. The van der Waals surface area contributed by atoms with Crippen molar-refractivity contribution in [3.05, 3.63) is 12.2 Å². The standard InChI is InChI=1S/C17H26O2/c1-9(2)17(18)19-11(4)14-7-10(3)15-12-5-6-13(8-12)16(14)15/h10-16H,1,5-8H2,2-4H3. The summed E-state index contributed by atoms with van der Waals surface area (Å²) in [5.41, 5.74) is 0.516. The molecule has 7 unspecified atom stereocenters. The van der Waals surface area contributed by atoms with Crippen LogP contribution in [-0.4, -0.2) is 12.1 Å². The van der Waals surface area contributed by atoms with E-state index in [1.165, 1.54) is 25.7 Å². The van der Waals surface area contributed by atoms with Gasteiger partial charge in [-0.05, 0) is 75.0 Å². The van der Waals surface area contributed by atoms with Crippen molar-refractivity contribution < 1.29 is 9.53 Å². The Kier molecular flexibility index (Phi) is 3.23. The highest BCUT2D eigenvalue weighted by Gasteiger charge is 2.57. The van der Waals surface area contributed by atoms with E-state index in [-0.39, 0.29) is 12.1 Å². The maximum Gasteiger partial charge on any atom is 0.333 e. The Morgan fingerprint density at radius 2 is 1.84 bits per heavy atom. The van der Waals surface area contributed by atoms with E-state index in [1.54, 1.807) is 6.92 Å². The van der Waals surface area contributed by atoms with Gasteiger partial charge < -0.3 is 4.74 Å². The molecule has 0 aromatic heterocycles. The number of carbonyl (C=O) groups excluding carboxylic acids is 1. The van der Waals surface area contributed by atoms with Crippen LogP contribution in [0.2, 0.25) is 0 Å². The minimum atomic E-state index is -0.216. The zero-order chi connectivity index (χ0) is 13.7. The Labute approximate surface area is 116 Å². The van der Waals surface area contributed by atoms with Crippen molar-refractivity contribution in [2.24, 2.45) is 35.5 Å². The third-order valence-electron chi connectivity index (χ3n) is 6.09. The molecular formula is C17H26O2. The molecule has 0 N–H and O–H groups in total. The zero-order valence-corrected chi connectivity index (χ0v) is 12.4. The van der Waals surface area contributed by atoms with Gasteiger partial charge in [0, 0.05) is 5.57 Å². The van der Waals surface area contributed by atoms with Crippen LogP contribution >= 0.6 is 0 Å². The van der Waals surface area contributed by atoms with Crippen molar-refractivity contribution in [2.75, 3.05) is 0 Å². The SMILES string of the molecule is C=C(C)C(=O)OC(C)C1CC(C)C2C3CCC(C3)C12. The molecule has 3 saturated carbocycles. The lowest BCUT2D eigenvalue weighted by Crippen LogP contribution is -2.32. The molecule has 106 valence electrons. The van der Waals surface area contributed by atoms with Gasteiger partial charge in [0.15, 0.2) is 0 Å². The van der Waals surface area contributed by atoms with Gasteiger partial charge in [-0.1, -0.05) is 13.5 Å². The van der Waals surface area contributed by atoms with Crippen LogP contribution in [0, 0.1) is 35.5 Å². The first-order valence-corrected chi connectivity index (χ1v) is 7.85. The van der Waals surface area contributed by atoms with Crippen LogP contribution < -0.4 is 0 Å². The van der Waals surface area contributed by atoms with Crippen LogP contribution in [0.4, 0.5) is 0 Å². The van der Waals surface area contributed by atoms with Gasteiger partial charge in [-0.2, -0.15) is 0 Å². The third-order valence-corrected chi connectivity index (χ3v) is 6.09. The molecule has 0 spiro atoms. The fraction of sp³-hybridized carbons (Fsp3) is 0.824. The smallest absolute Gasteiger partial charge is 0.333 e. The molecule has 0 aromatic rings. The Hall–Kier alpha value is -0.790. The van der Waals surface area contributed by atoms with E-state index < -0.39 is 0 Å². The summed E-state index contributed by atoms with van der Waals surface area (Å²) in [6.07, 6.45) is 5.60. The largest absolute Gasteiger partial charge is 0.459 e. The molecule has 3 rings (SSSR count). The van der Waals surface area contributed by atoms with Crippen LogP contribution in [0.15, 0.2) is 12.2 Å². The Morgan fingerprint density at radius 3 is 2.47 bits per heavy atom. The molecule has 3 aliphatic rings. The van der Waals surface area contributed by atoms with E-state index in [4.69, 9.17) is 4.74 Å². The lowest BCUT2D eigenvalue weighted by molar-refractivity contribution is -0.147. The fourth-order valence-electron chi connectivity index (χ4n) is 5.46. The quantitative estimate of drug-likeness (QED) is 0.571. The van der Waals surface area contributed by atoms with Gasteiger partial charge in [-0.25, -0.2) is 4.79 Å². The third kappa shape index (κ3) is 2.04. The second-order valence-electron chi connectivity index (χ2n) is 7.26. The molecule has 0 heterocycles. The lowest BCUT2D eigenvalue weighted by Gasteiger charge is -2.32. The molecule has 2 heteroatoms. The number of esters is 1. The van der Waals surface area contributed by atoms with Gasteiger partial charge >= 0.3 is 5.97 Å². The summed E-state index contributed by atoms with van der Waals surface area (Å²) in [5.74, 6) is 4.80. The predicted octanol–water partition coefficient (Wildman–Crippen LogP) is 3.81. The fourth-order valence-corrected chi connectivity index (χ4v) is 5.46. The van der Waals surface area contributed by atoms with Crippen LogP contribution in [-0.2, 0) is 9.53 Å². The molecule has 3 fully saturated rings. The summed E-state index contributed by atoms with van der Waals surface area (Å²) >= 11 is 0. The molecule has 0 radical (unpaired) electrons. The molecule has 3 aliphatic carbocycles. The lowest BCUT2D eigenvalue weighted by atomic mass is 9.75. The van der Waals surface area contributed by atoms with E-state index in [2.05, 4.69) is 20.4 Å². The Morgan fingerprint density at radius 1 is 1.21 bits per heavy atom. The van der Waals surface area contributed by atoms with Gasteiger partial charge in [0.05, 0.1) is 0 Å². The molecule has 2 bridgehead atoms. The van der Waals surface area contributed by atoms with Crippen LogP contribution in [0.5, 0.6) is 0 Å². The summed E-state index contributed by atoms with van der Waals surface area (Å²) in [6.45, 7) is 9.91. The maximum absolute atomic E-state index is 11.7. The first-order chi connectivity index (χ1) is 8.99.